The molecular formula is C39H51ClN2O6S. The van der Waals surface area contributed by atoms with Gasteiger partial charge in [0.2, 0.25) is 10.0 Å². The molecular weight excluding hydrogens is 660 g/mol. The number of sulfonamides is 1. The average molecular weight is 711 g/mol. The molecule has 0 aromatic heterocycles. The number of methoxy groups -OCH3 is 2. The number of hydrogen-bond acceptors (Lipinski definition) is 7. The summed E-state index contributed by atoms with van der Waals surface area (Å²) in [6.07, 6.45) is 13.2. The maximum atomic E-state index is 13.6. The van der Waals surface area contributed by atoms with Gasteiger partial charge in [-0.1, -0.05) is 36.7 Å². The lowest BCUT2D eigenvalue weighted by atomic mass is 9.62. The highest BCUT2D eigenvalue weighted by Gasteiger charge is 2.51. The van der Waals surface area contributed by atoms with Crippen molar-refractivity contribution in [3.05, 3.63) is 70.3 Å². The van der Waals surface area contributed by atoms with E-state index in [1.165, 1.54) is 24.0 Å². The Bertz CT molecular complexity index is 1710. The van der Waals surface area contributed by atoms with Crippen molar-refractivity contribution < 1.29 is 27.4 Å². The highest BCUT2D eigenvalue weighted by atomic mass is 35.5. The van der Waals surface area contributed by atoms with Gasteiger partial charge in [0.25, 0.3) is 5.91 Å². The summed E-state index contributed by atoms with van der Waals surface area (Å²) in [5.74, 6) is 1.00. The predicted octanol–water partition coefficient (Wildman–Crippen LogP) is 7.08. The third kappa shape index (κ3) is 6.65. The first-order chi connectivity index (χ1) is 23.5. The molecule has 1 spiro atoms. The zero-order chi connectivity index (χ0) is 34.6. The standard InChI is InChI=1S/C39H51ClN2O6S/c1-25-7-5-18-39(47-4,21-36(46-3)27-9-10-27)33-14-11-30(33)22-42-23-38(17-6-8-28-19-31(40)13-15-32(28)38)24-48-35-16-12-29(20-34(35)42)37(43)41-49(44,45)26(25)2/h5,12-13,15-16,18-20,25-27,30,33,36H,6-11,14,17,21-24H2,1-4H3,(H,41,43)/b18-5+/t25-,26+,30-,33+,36+,38-,39+/m0/s1. The second-order valence-electron chi connectivity index (χ2n) is 15.5. The molecule has 2 heterocycles. The van der Waals surface area contributed by atoms with Gasteiger partial charge in [0, 0.05) is 49.7 Å². The fourth-order valence-corrected chi connectivity index (χ4v) is 10.6. The summed E-state index contributed by atoms with van der Waals surface area (Å²) in [5, 5.41) is -0.0317. The number of hydrogen-bond donors (Lipinski definition) is 1. The first-order valence-corrected chi connectivity index (χ1v) is 20.0. The van der Waals surface area contributed by atoms with Crippen LogP contribution in [0.3, 0.4) is 0 Å². The lowest BCUT2D eigenvalue weighted by Crippen LogP contribution is -2.54. The minimum absolute atomic E-state index is 0.104. The minimum atomic E-state index is -3.95. The summed E-state index contributed by atoms with van der Waals surface area (Å²) in [7, 11) is -0.310. The number of aryl methyl sites for hydroxylation is 1. The van der Waals surface area contributed by atoms with E-state index in [2.05, 4.69) is 33.9 Å². The summed E-state index contributed by atoms with van der Waals surface area (Å²) >= 11 is 6.48. The van der Waals surface area contributed by atoms with Crippen molar-refractivity contribution in [2.45, 2.75) is 94.0 Å². The molecule has 2 saturated carbocycles. The summed E-state index contributed by atoms with van der Waals surface area (Å²) in [5.41, 5.74) is 2.87. The summed E-state index contributed by atoms with van der Waals surface area (Å²) in [6.45, 7) is 5.60. The molecule has 49 heavy (non-hydrogen) atoms. The van der Waals surface area contributed by atoms with E-state index < -0.39 is 26.8 Å². The summed E-state index contributed by atoms with van der Waals surface area (Å²) in [6, 6.07) is 11.6. The SMILES string of the molecule is CO[C@H](C[C@]1(OC)/C=C/C[C@H](C)[C@@H](C)S(=O)(=O)NC(=O)c2ccc3c(c2)N(C[C@@H]2CC[C@H]21)C[C@@]1(CCCc2cc(Cl)ccc21)CO3)C1CC1. The number of anilines is 1. The molecule has 0 radical (unpaired) electrons. The highest BCUT2D eigenvalue weighted by molar-refractivity contribution is 7.90. The first kappa shape index (κ1) is 34.8. The molecule has 7 rings (SSSR count). The van der Waals surface area contributed by atoms with Crippen molar-refractivity contribution in [3.63, 3.8) is 0 Å². The van der Waals surface area contributed by atoms with Gasteiger partial charge in [-0.2, -0.15) is 0 Å². The van der Waals surface area contributed by atoms with Crippen LogP contribution in [-0.4, -0.2) is 65.2 Å². The van der Waals surface area contributed by atoms with Crippen molar-refractivity contribution in [1.29, 1.82) is 0 Å². The maximum Gasteiger partial charge on any atom is 0.264 e. The zero-order valence-corrected chi connectivity index (χ0v) is 30.8. The molecule has 2 aliphatic heterocycles. The average Bonchev–Trinajstić information content (AvgIpc) is 3.93. The van der Waals surface area contributed by atoms with E-state index in [4.69, 9.17) is 25.8 Å². The lowest BCUT2D eigenvalue weighted by molar-refractivity contribution is -0.106. The van der Waals surface area contributed by atoms with Gasteiger partial charge in [0.15, 0.2) is 0 Å². The van der Waals surface area contributed by atoms with Crippen LogP contribution >= 0.6 is 11.6 Å². The minimum Gasteiger partial charge on any atom is -0.490 e. The number of halogens is 1. The lowest BCUT2D eigenvalue weighted by Gasteiger charge is -2.51. The van der Waals surface area contributed by atoms with Gasteiger partial charge in [0.05, 0.1) is 29.2 Å². The van der Waals surface area contributed by atoms with E-state index in [0.29, 0.717) is 42.7 Å². The molecule has 2 fully saturated rings. The van der Waals surface area contributed by atoms with Gasteiger partial charge in [0.1, 0.15) is 5.75 Å². The number of amides is 1. The number of allylic oxidation sites excluding steroid dienone is 1. The van der Waals surface area contributed by atoms with Crippen molar-refractivity contribution in [2.24, 2.45) is 23.7 Å². The number of benzene rings is 2. The Labute approximate surface area is 296 Å². The Kier molecular flexibility index (Phi) is 9.61. The van der Waals surface area contributed by atoms with Crippen LogP contribution < -0.4 is 14.4 Å². The Morgan fingerprint density at radius 1 is 1.10 bits per heavy atom. The quantitative estimate of drug-likeness (QED) is 0.332. The fourth-order valence-electron chi connectivity index (χ4n) is 9.10. The van der Waals surface area contributed by atoms with Gasteiger partial charge < -0.3 is 19.1 Å². The van der Waals surface area contributed by atoms with Crippen LogP contribution in [-0.2, 0) is 31.3 Å². The number of fused-ring (bicyclic) bond motifs is 4. The highest BCUT2D eigenvalue weighted by Crippen LogP contribution is 2.51. The van der Waals surface area contributed by atoms with E-state index in [9.17, 15) is 13.2 Å². The monoisotopic (exact) mass is 710 g/mol. The van der Waals surface area contributed by atoms with Crippen molar-refractivity contribution in [3.8, 4) is 5.75 Å². The van der Waals surface area contributed by atoms with E-state index in [1.54, 1.807) is 13.0 Å². The van der Waals surface area contributed by atoms with Crippen LogP contribution in [0.1, 0.15) is 86.7 Å². The molecule has 5 aliphatic rings. The number of carbonyl (C=O) groups is 1. The molecule has 1 amide bonds. The summed E-state index contributed by atoms with van der Waals surface area (Å²) in [4.78, 5) is 16.0. The molecule has 266 valence electrons. The van der Waals surface area contributed by atoms with Crippen LogP contribution in [0.2, 0.25) is 5.02 Å². The third-order valence-electron chi connectivity index (χ3n) is 12.6. The van der Waals surface area contributed by atoms with Crippen LogP contribution in [0.15, 0.2) is 48.6 Å². The van der Waals surface area contributed by atoms with Crippen LogP contribution in [0.25, 0.3) is 0 Å². The van der Waals surface area contributed by atoms with Crippen molar-refractivity contribution in [2.75, 3.05) is 38.8 Å². The first-order valence-electron chi connectivity index (χ1n) is 18.1. The Morgan fingerprint density at radius 3 is 2.63 bits per heavy atom. The molecule has 0 unspecified atom stereocenters. The Morgan fingerprint density at radius 2 is 1.92 bits per heavy atom. The van der Waals surface area contributed by atoms with E-state index in [-0.39, 0.29) is 23.4 Å². The molecule has 7 atom stereocenters. The van der Waals surface area contributed by atoms with Gasteiger partial charge in [-0.15, -0.1) is 0 Å². The second-order valence-corrected chi connectivity index (χ2v) is 18.0. The second kappa shape index (κ2) is 13.5. The third-order valence-corrected chi connectivity index (χ3v) is 14.7. The zero-order valence-electron chi connectivity index (χ0n) is 29.3. The maximum absolute atomic E-state index is 13.6. The largest absolute Gasteiger partial charge is 0.490 e. The normalized spacial score (nSPS) is 34.0. The molecule has 0 saturated heterocycles. The fraction of sp³-hybridized carbons (Fsp3) is 0.615. The van der Waals surface area contributed by atoms with Gasteiger partial charge in [-0.3, -0.25) is 4.79 Å². The molecule has 1 N–H and O–H groups in total. The van der Waals surface area contributed by atoms with E-state index in [1.807, 2.05) is 39.3 Å². The molecule has 2 aromatic carbocycles. The van der Waals surface area contributed by atoms with Gasteiger partial charge >= 0.3 is 0 Å². The molecule has 10 heteroatoms. The molecule has 3 aliphatic carbocycles. The number of rotatable bonds is 5. The van der Waals surface area contributed by atoms with Crippen LogP contribution in [0, 0.1) is 23.7 Å². The predicted molar refractivity (Wildman–Crippen MR) is 193 cm³/mol. The van der Waals surface area contributed by atoms with Crippen molar-refractivity contribution >= 4 is 33.2 Å². The van der Waals surface area contributed by atoms with Gasteiger partial charge in [-0.05, 0) is 123 Å². The Balaban J connectivity index is 1.32. The molecule has 2 aromatic rings. The van der Waals surface area contributed by atoms with Crippen LogP contribution in [0.4, 0.5) is 5.69 Å². The van der Waals surface area contributed by atoms with Crippen LogP contribution in [0.5, 0.6) is 5.75 Å². The molecule has 2 bridgehead atoms. The Hall–Kier alpha value is -2.59. The number of nitrogens with zero attached hydrogens (tertiary/aromatic N) is 1. The molecule has 8 nitrogen and oxygen atoms in total. The number of nitrogens with one attached hydrogen (secondary N) is 1. The summed E-state index contributed by atoms with van der Waals surface area (Å²) < 4.78 is 48.8. The van der Waals surface area contributed by atoms with E-state index >= 15 is 0 Å². The topological polar surface area (TPSA) is 94.2 Å². The number of carbonyl (C=O) groups excluding carboxylic acids is 1. The van der Waals surface area contributed by atoms with Crippen molar-refractivity contribution in [1.82, 2.24) is 4.72 Å². The van der Waals surface area contributed by atoms with E-state index in [0.717, 1.165) is 55.8 Å². The van der Waals surface area contributed by atoms with Gasteiger partial charge in [-0.25, -0.2) is 13.1 Å². The smallest absolute Gasteiger partial charge is 0.264 e. The number of ether oxygens (including phenoxy) is 3.